The maximum Gasteiger partial charge on any atom is -0.0113 e. The van der Waals surface area contributed by atoms with Gasteiger partial charge in [0.1, 0.15) is 0 Å². The fourth-order valence-electron chi connectivity index (χ4n) is 4.08. The Labute approximate surface area is 91.7 Å². The first-order valence-corrected chi connectivity index (χ1v) is 10.5. The number of hydrogen-bond acceptors (Lipinski definition) is 0. The molecule has 2 aliphatic rings. The zero-order valence-corrected chi connectivity index (χ0v) is 12.0. The zero-order chi connectivity index (χ0) is 10.5. The summed E-state index contributed by atoms with van der Waals surface area (Å²) < 4.78 is 0. The van der Waals surface area contributed by atoms with Crippen LogP contribution in [0.4, 0.5) is 0 Å². The van der Waals surface area contributed by atoms with Crippen molar-refractivity contribution < 1.29 is 0 Å². The van der Waals surface area contributed by atoms with E-state index >= 15 is 0 Å². The molecule has 2 rings (SSSR count). The first kappa shape index (κ1) is 11.3. The monoisotopic (exact) mass is 230 g/mol. The van der Waals surface area contributed by atoms with E-state index in [1.54, 1.807) is 12.8 Å². The molecule has 4 unspecified atom stereocenters. The standard InChI is InChI=1S/C12H24P2/c1-8-9-6-7-10(8)12(14(4)5)11(9)13(2)3/h8-12H,6-7H2,1-5H3/t8?,9?,10?,11-,12?/m1/s1. The third kappa shape index (κ3) is 1.58. The van der Waals surface area contributed by atoms with E-state index in [1.165, 1.54) is 0 Å². The van der Waals surface area contributed by atoms with Crippen molar-refractivity contribution >= 4 is 15.8 Å². The number of hydrogen-bond donors (Lipinski definition) is 0. The molecule has 2 heteroatoms. The highest BCUT2D eigenvalue weighted by atomic mass is 31.1. The van der Waals surface area contributed by atoms with Gasteiger partial charge in [-0.15, -0.1) is 15.8 Å². The Morgan fingerprint density at radius 1 is 0.786 bits per heavy atom. The van der Waals surface area contributed by atoms with Crippen molar-refractivity contribution in [3.8, 4) is 0 Å². The van der Waals surface area contributed by atoms with Crippen molar-refractivity contribution in [2.75, 3.05) is 26.7 Å². The van der Waals surface area contributed by atoms with E-state index in [2.05, 4.69) is 33.6 Å². The van der Waals surface area contributed by atoms with E-state index in [9.17, 15) is 0 Å². The molecule has 0 aliphatic heterocycles. The van der Waals surface area contributed by atoms with Gasteiger partial charge in [0, 0.05) is 0 Å². The normalized spacial score (nSPS) is 46.9. The largest absolute Gasteiger partial charge is 0.109 e. The van der Waals surface area contributed by atoms with Crippen LogP contribution in [-0.4, -0.2) is 38.0 Å². The second-order valence-electron chi connectivity index (χ2n) is 5.67. The van der Waals surface area contributed by atoms with Crippen molar-refractivity contribution in [3.63, 3.8) is 0 Å². The van der Waals surface area contributed by atoms with E-state index in [0.717, 1.165) is 29.1 Å². The summed E-state index contributed by atoms with van der Waals surface area (Å²) in [6.07, 6.45) is 3.10. The van der Waals surface area contributed by atoms with Gasteiger partial charge in [0.15, 0.2) is 0 Å². The SMILES string of the molecule is CC1C2CCC1[C@@H](P(C)C)C2P(C)C. The molecule has 14 heavy (non-hydrogen) atoms. The van der Waals surface area contributed by atoms with Crippen molar-refractivity contribution in [2.24, 2.45) is 17.8 Å². The van der Waals surface area contributed by atoms with Crippen molar-refractivity contribution in [1.82, 2.24) is 0 Å². The Bertz CT molecular complexity index is 190. The Hall–Kier alpha value is 0.860. The highest BCUT2D eigenvalue weighted by Crippen LogP contribution is 2.65. The molecule has 2 fully saturated rings. The van der Waals surface area contributed by atoms with Gasteiger partial charge in [-0.05, 0) is 68.6 Å². The molecule has 82 valence electrons. The quantitative estimate of drug-likeness (QED) is 0.631. The van der Waals surface area contributed by atoms with Gasteiger partial charge in [0.05, 0.1) is 0 Å². The summed E-state index contributed by atoms with van der Waals surface area (Å²) in [6.45, 7) is 12.6. The molecule has 0 radical (unpaired) electrons. The van der Waals surface area contributed by atoms with Crippen LogP contribution in [0.15, 0.2) is 0 Å². The molecule has 0 aromatic heterocycles. The second kappa shape index (κ2) is 4.03. The van der Waals surface area contributed by atoms with Crippen LogP contribution >= 0.6 is 15.8 Å². The molecule has 2 aliphatic carbocycles. The molecule has 0 heterocycles. The molecular weight excluding hydrogens is 206 g/mol. The molecule has 0 spiro atoms. The molecule has 0 amide bonds. The molecule has 5 atom stereocenters. The predicted molar refractivity (Wildman–Crippen MR) is 70.5 cm³/mol. The van der Waals surface area contributed by atoms with Gasteiger partial charge in [0.25, 0.3) is 0 Å². The predicted octanol–water partition coefficient (Wildman–Crippen LogP) is 3.88. The molecule has 2 bridgehead atoms. The lowest BCUT2D eigenvalue weighted by molar-refractivity contribution is 0.449. The molecule has 0 N–H and O–H groups in total. The lowest BCUT2D eigenvalue weighted by Gasteiger charge is -2.36. The molecular formula is C12H24P2. The summed E-state index contributed by atoms with van der Waals surface area (Å²) in [5, 5.41) is 0. The zero-order valence-electron chi connectivity index (χ0n) is 10.2. The van der Waals surface area contributed by atoms with Gasteiger partial charge in [-0.25, -0.2) is 0 Å². The van der Waals surface area contributed by atoms with Crippen LogP contribution in [0.2, 0.25) is 0 Å². The smallest absolute Gasteiger partial charge is 0.0113 e. The van der Waals surface area contributed by atoms with Gasteiger partial charge >= 0.3 is 0 Å². The van der Waals surface area contributed by atoms with Crippen molar-refractivity contribution in [3.05, 3.63) is 0 Å². The van der Waals surface area contributed by atoms with Gasteiger partial charge in [-0.1, -0.05) is 6.92 Å². The van der Waals surface area contributed by atoms with Gasteiger partial charge in [-0.2, -0.15) is 0 Å². The van der Waals surface area contributed by atoms with E-state index in [0.29, 0.717) is 15.8 Å². The van der Waals surface area contributed by atoms with Gasteiger partial charge in [0.2, 0.25) is 0 Å². The fourth-order valence-corrected chi connectivity index (χ4v) is 9.71. The third-order valence-corrected chi connectivity index (χ3v) is 8.63. The van der Waals surface area contributed by atoms with Crippen LogP contribution in [0, 0.1) is 17.8 Å². The minimum Gasteiger partial charge on any atom is -0.109 e. The van der Waals surface area contributed by atoms with Crippen LogP contribution in [0.3, 0.4) is 0 Å². The molecule has 0 nitrogen and oxygen atoms in total. The van der Waals surface area contributed by atoms with Crippen LogP contribution in [0.1, 0.15) is 19.8 Å². The highest BCUT2D eigenvalue weighted by molar-refractivity contribution is 7.61. The summed E-state index contributed by atoms with van der Waals surface area (Å²) in [5.74, 6) is 3.27. The molecule has 2 saturated carbocycles. The van der Waals surface area contributed by atoms with Crippen LogP contribution in [-0.2, 0) is 0 Å². The van der Waals surface area contributed by atoms with E-state index in [4.69, 9.17) is 0 Å². The Balaban J connectivity index is 2.22. The van der Waals surface area contributed by atoms with Gasteiger partial charge < -0.3 is 0 Å². The fraction of sp³-hybridized carbons (Fsp3) is 1.00. The summed E-state index contributed by atoms with van der Waals surface area (Å²) in [7, 11) is 0.603. The van der Waals surface area contributed by atoms with Crippen LogP contribution < -0.4 is 0 Å². The van der Waals surface area contributed by atoms with Crippen LogP contribution in [0.25, 0.3) is 0 Å². The van der Waals surface area contributed by atoms with E-state index in [1.807, 2.05) is 0 Å². The minimum atomic E-state index is 0.302. The Morgan fingerprint density at radius 3 is 1.43 bits per heavy atom. The molecule has 0 saturated heterocycles. The lowest BCUT2D eigenvalue weighted by Crippen LogP contribution is -2.29. The van der Waals surface area contributed by atoms with Crippen molar-refractivity contribution in [1.29, 1.82) is 0 Å². The average molecular weight is 230 g/mol. The lowest BCUT2D eigenvalue weighted by atomic mass is 9.99. The van der Waals surface area contributed by atoms with Crippen molar-refractivity contribution in [2.45, 2.75) is 31.1 Å². The topological polar surface area (TPSA) is 0 Å². The Morgan fingerprint density at radius 2 is 1.14 bits per heavy atom. The summed E-state index contributed by atoms with van der Waals surface area (Å²) in [4.78, 5) is 0. The summed E-state index contributed by atoms with van der Waals surface area (Å²) in [5.41, 5.74) is 2.25. The number of rotatable bonds is 2. The first-order valence-electron chi connectivity index (χ1n) is 5.87. The number of fused-ring (bicyclic) bond motifs is 2. The van der Waals surface area contributed by atoms with Crippen LogP contribution in [0.5, 0.6) is 0 Å². The molecule has 0 aromatic carbocycles. The van der Waals surface area contributed by atoms with E-state index < -0.39 is 0 Å². The minimum absolute atomic E-state index is 0.302. The maximum atomic E-state index is 2.53. The second-order valence-corrected chi connectivity index (χ2v) is 10.7. The van der Waals surface area contributed by atoms with E-state index in [-0.39, 0.29) is 0 Å². The highest BCUT2D eigenvalue weighted by Gasteiger charge is 2.53. The maximum absolute atomic E-state index is 2.53. The summed E-state index contributed by atoms with van der Waals surface area (Å²) >= 11 is 0. The first-order chi connectivity index (χ1) is 6.54. The third-order valence-electron chi connectivity index (χ3n) is 4.60. The summed E-state index contributed by atoms with van der Waals surface area (Å²) in [6, 6.07) is 0. The molecule has 0 aromatic rings. The Kier molecular flexibility index (Phi) is 3.26. The average Bonchev–Trinajstić information content (AvgIpc) is 2.58. The van der Waals surface area contributed by atoms with Gasteiger partial charge in [-0.3, -0.25) is 0 Å².